The molecule has 0 radical (unpaired) electrons. The van der Waals surface area contributed by atoms with Crippen molar-refractivity contribution in [1.29, 1.82) is 0 Å². The van der Waals surface area contributed by atoms with Gasteiger partial charge in [0, 0.05) is 18.3 Å². The number of para-hydroxylation sites is 1. The van der Waals surface area contributed by atoms with Gasteiger partial charge in [-0.3, -0.25) is 9.59 Å². The second-order valence-corrected chi connectivity index (χ2v) is 6.44. The van der Waals surface area contributed by atoms with Gasteiger partial charge in [0.1, 0.15) is 0 Å². The van der Waals surface area contributed by atoms with Gasteiger partial charge in [0.15, 0.2) is 5.69 Å². The molecule has 7 heteroatoms. The second kappa shape index (κ2) is 7.82. The summed E-state index contributed by atoms with van der Waals surface area (Å²) >= 11 is 0. The molecule has 1 aromatic heterocycles. The van der Waals surface area contributed by atoms with Crippen LogP contribution in [0.15, 0.2) is 54.6 Å². The number of rotatable bonds is 5. The van der Waals surface area contributed by atoms with Crippen LogP contribution in [0.2, 0.25) is 0 Å². The maximum Gasteiger partial charge on any atom is 0.278 e. The quantitative estimate of drug-likeness (QED) is 0.725. The Kier molecular flexibility index (Phi) is 5.30. The van der Waals surface area contributed by atoms with Crippen LogP contribution in [0, 0.1) is 0 Å². The van der Waals surface area contributed by atoms with E-state index in [-0.39, 0.29) is 17.7 Å². The van der Waals surface area contributed by atoms with Crippen LogP contribution in [0.3, 0.4) is 0 Å². The molecular formula is C20H21N5O2. The molecule has 0 saturated heterocycles. The van der Waals surface area contributed by atoms with Gasteiger partial charge in [-0.25, -0.2) is 4.68 Å². The lowest BCUT2D eigenvalue weighted by Gasteiger charge is -2.11. The van der Waals surface area contributed by atoms with E-state index >= 15 is 0 Å². The Bertz CT molecular complexity index is 946. The molecule has 0 saturated carbocycles. The molecule has 0 aliphatic rings. The van der Waals surface area contributed by atoms with Crippen LogP contribution in [0.1, 0.15) is 42.9 Å². The molecule has 27 heavy (non-hydrogen) atoms. The van der Waals surface area contributed by atoms with E-state index in [0.717, 1.165) is 11.4 Å². The minimum absolute atomic E-state index is 0.0584. The fourth-order valence-electron chi connectivity index (χ4n) is 2.76. The first-order valence-corrected chi connectivity index (χ1v) is 8.65. The Morgan fingerprint density at radius 1 is 0.926 bits per heavy atom. The van der Waals surface area contributed by atoms with Gasteiger partial charge in [-0.05, 0) is 42.3 Å². The molecule has 0 atom stereocenters. The Hall–Kier alpha value is -3.48. The molecular weight excluding hydrogens is 342 g/mol. The van der Waals surface area contributed by atoms with Crippen molar-refractivity contribution in [3.05, 3.63) is 66.0 Å². The highest BCUT2D eigenvalue weighted by Gasteiger charge is 2.23. The molecule has 2 N–H and O–H groups in total. The first-order chi connectivity index (χ1) is 13.0. The largest absolute Gasteiger partial charge is 0.326 e. The number of carbonyl (C=O) groups is 2. The highest BCUT2D eigenvalue weighted by atomic mass is 16.2. The van der Waals surface area contributed by atoms with Crippen LogP contribution < -0.4 is 10.6 Å². The smallest absolute Gasteiger partial charge is 0.278 e. The van der Waals surface area contributed by atoms with Gasteiger partial charge >= 0.3 is 0 Å². The van der Waals surface area contributed by atoms with Crippen molar-refractivity contribution in [2.24, 2.45) is 0 Å². The van der Waals surface area contributed by atoms with Crippen molar-refractivity contribution >= 4 is 23.2 Å². The number of carbonyl (C=O) groups excluding carboxylic acids is 2. The number of aromatic nitrogens is 3. The molecule has 138 valence electrons. The van der Waals surface area contributed by atoms with Gasteiger partial charge < -0.3 is 10.6 Å². The van der Waals surface area contributed by atoms with Gasteiger partial charge in [0.05, 0.1) is 11.4 Å². The highest BCUT2D eigenvalue weighted by Crippen LogP contribution is 2.22. The molecule has 2 amide bonds. The molecule has 0 unspecified atom stereocenters. The van der Waals surface area contributed by atoms with Crippen LogP contribution in [0.4, 0.5) is 11.4 Å². The third kappa shape index (κ3) is 4.20. The number of anilines is 2. The van der Waals surface area contributed by atoms with Crippen LogP contribution in [-0.4, -0.2) is 26.8 Å². The minimum Gasteiger partial charge on any atom is -0.326 e. The average molecular weight is 363 g/mol. The van der Waals surface area contributed by atoms with Crippen molar-refractivity contribution < 1.29 is 9.59 Å². The third-order valence-corrected chi connectivity index (χ3v) is 3.93. The first-order valence-electron chi connectivity index (χ1n) is 8.65. The van der Waals surface area contributed by atoms with Crippen molar-refractivity contribution in [3.63, 3.8) is 0 Å². The van der Waals surface area contributed by atoms with Crippen LogP contribution in [0.25, 0.3) is 5.69 Å². The summed E-state index contributed by atoms with van der Waals surface area (Å²) in [4.78, 5) is 23.8. The van der Waals surface area contributed by atoms with Gasteiger partial charge in [-0.15, -0.1) is 5.10 Å². The summed E-state index contributed by atoms with van der Waals surface area (Å²) in [5.41, 5.74) is 3.16. The molecule has 0 fully saturated rings. The molecule has 1 heterocycles. The van der Waals surface area contributed by atoms with E-state index in [1.54, 1.807) is 28.9 Å². The molecule has 2 aromatic carbocycles. The topological polar surface area (TPSA) is 88.9 Å². The molecule has 0 bridgehead atoms. The summed E-state index contributed by atoms with van der Waals surface area (Å²) in [5, 5.41) is 13.8. The molecule has 0 aliphatic carbocycles. The first kappa shape index (κ1) is 18.3. The van der Waals surface area contributed by atoms with Crippen LogP contribution in [-0.2, 0) is 4.79 Å². The zero-order valence-corrected chi connectivity index (χ0v) is 15.4. The monoisotopic (exact) mass is 363 g/mol. The van der Waals surface area contributed by atoms with Gasteiger partial charge in [0.25, 0.3) is 5.91 Å². The van der Waals surface area contributed by atoms with Gasteiger partial charge in [-0.1, -0.05) is 37.3 Å². The molecule has 0 aliphatic heterocycles. The van der Waals surface area contributed by atoms with E-state index < -0.39 is 0 Å². The summed E-state index contributed by atoms with van der Waals surface area (Å²) in [6.07, 6.45) is 0. The number of nitrogens with zero attached hydrogens (tertiary/aromatic N) is 3. The normalized spacial score (nSPS) is 10.7. The lowest BCUT2D eigenvalue weighted by molar-refractivity contribution is -0.114. The fraction of sp³-hybridized carbons (Fsp3) is 0.200. The predicted molar refractivity (Wildman–Crippen MR) is 104 cm³/mol. The van der Waals surface area contributed by atoms with Crippen molar-refractivity contribution in [2.75, 3.05) is 10.6 Å². The van der Waals surface area contributed by atoms with E-state index in [2.05, 4.69) is 20.9 Å². The van der Waals surface area contributed by atoms with Crippen LogP contribution >= 0.6 is 0 Å². The Balaban J connectivity index is 1.85. The van der Waals surface area contributed by atoms with Crippen molar-refractivity contribution in [1.82, 2.24) is 15.0 Å². The van der Waals surface area contributed by atoms with E-state index in [0.29, 0.717) is 17.1 Å². The number of nitrogens with one attached hydrogen (secondary N) is 2. The standard InChI is InChI=1S/C20H21N5O2/c1-13(2)19-18(23-24-25(19)17-7-5-4-6-8-17)20(27)22-16-11-9-15(10-12-16)21-14(3)26/h4-13H,1-3H3,(H,21,26)(H,22,27). The summed E-state index contributed by atoms with van der Waals surface area (Å²) < 4.78 is 1.69. The molecule has 3 aromatic rings. The highest BCUT2D eigenvalue weighted by molar-refractivity contribution is 6.04. The van der Waals surface area contributed by atoms with Gasteiger partial charge in [0.2, 0.25) is 5.91 Å². The summed E-state index contributed by atoms with van der Waals surface area (Å²) in [5.74, 6) is -0.415. The van der Waals surface area contributed by atoms with Crippen molar-refractivity contribution in [2.45, 2.75) is 26.7 Å². The predicted octanol–water partition coefficient (Wildman–Crippen LogP) is 3.60. The third-order valence-electron chi connectivity index (χ3n) is 3.93. The van der Waals surface area contributed by atoms with Gasteiger partial charge in [-0.2, -0.15) is 0 Å². The van der Waals surface area contributed by atoms with Crippen molar-refractivity contribution in [3.8, 4) is 5.69 Å². The van der Waals surface area contributed by atoms with E-state index in [4.69, 9.17) is 0 Å². The maximum atomic E-state index is 12.8. The lowest BCUT2D eigenvalue weighted by Crippen LogP contribution is -2.16. The Morgan fingerprint density at radius 2 is 1.52 bits per heavy atom. The lowest BCUT2D eigenvalue weighted by atomic mass is 10.1. The van der Waals surface area contributed by atoms with E-state index in [1.165, 1.54) is 6.92 Å². The average Bonchev–Trinajstić information content (AvgIpc) is 3.09. The number of hydrogen-bond donors (Lipinski definition) is 2. The zero-order chi connectivity index (χ0) is 19.4. The maximum absolute atomic E-state index is 12.8. The molecule has 3 rings (SSSR count). The minimum atomic E-state index is -0.326. The SMILES string of the molecule is CC(=O)Nc1ccc(NC(=O)c2nnn(-c3ccccc3)c2C(C)C)cc1. The number of benzene rings is 2. The summed E-state index contributed by atoms with van der Waals surface area (Å²) in [7, 11) is 0. The number of amides is 2. The molecule has 7 nitrogen and oxygen atoms in total. The zero-order valence-electron chi connectivity index (χ0n) is 15.4. The Labute approximate surface area is 157 Å². The number of hydrogen-bond acceptors (Lipinski definition) is 4. The fourth-order valence-corrected chi connectivity index (χ4v) is 2.76. The van der Waals surface area contributed by atoms with E-state index in [9.17, 15) is 9.59 Å². The second-order valence-electron chi connectivity index (χ2n) is 6.44. The van der Waals surface area contributed by atoms with Crippen LogP contribution in [0.5, 0.6) is 0 Å². The Morgan fingerprint density at radius 3 is 2.07 bits per heavy atom. The molecule has 0 spiro atoms. The summed E-state index contributed by atoms with van der Waals surface area (Å²) in [6, 6.07) is 16.5. The summed E-state index contributed by atoms with van der Waals surface area (Å²) in [6.45, 7) is 5.44. The van der Waals surface area contributed by atoms with E-state index in [1.807, 2.05) is 44.2 Å².